The fourth-order valence-electron chi connectivity index (χ4n) is 0.744. The Labute approximate surface area is 75.8 Å². The molecule has 0 aliphatic heterocycles. The first-order valence-corrected chi connectivity index (χ1v) is 3.98. The van der Waals surface area contributed by atoms with Gasteiger partial charge in [0.05, 0.1) is 0 Å². The van der Waals surface area contributed by atoms with E-state index in [0.29, 0.717) is 0 Å². The zero-order chi connectivity index (χ0) is 9.14. The van der Waals surface area contributed by atoms with Crippen molar-refractivity contribution >= 4 is 22.0 Å². The topological polar surface area (TPSA) is 0 Å². The van der Waals surface area contributed by atoms with Crippen LogP contribution in [0.2, 0.25) is 0 Å². The summed E-state index contributed by atoms with van der Waals surface area (Å²) < 4.78 is 37.4. The van der Waals surface area contributed by atoms with E-state index in [0.717, 1.165) is 12.1 Å². The van der Waals surface area contributed by atoms with Gasteiger partial charge < -0.3 is 0 Å². The number of benzene rings is 1. The van der Waals surface area contributed by atoms with E-state index >= 15 is 0 Å². The van der Waals surface area contributed by atoms with E-state index < -0.39 is 17.5 Å². The molecular formula is C8H4BrF3. The summed E-state index contributed by atoms with van der Waals surface area (Å²) in [5.41, 5.74) is 0.267. The number of hydrogen-bond donors (Lipinski definition) is 0. The predicted octanol–water partition coefficient (Wildman–Crippen LogP) is 3.47. The molecule has 0 saturated carbocycles. The van der Waals surface area contributed by atoms with Crippen molar-refractivity contribution in [2.24, 2.45) is 0 Å². The fraction of sp³-hybridized carbons (Fsp3) is 0. The summed E-state index contributed by atoms with van der Waals surface area (Å²) in [6.07, 6.45) is 1.41. The summed E-state index contributed by atoms with van der Waals surface area (Å²) in [6.45, 7) is 0. The van der Waals surface area contributed by atoms with Gasteiger partial charge in [-0.3, -0.25) is 0 Å². The quantitative estimate of drug-likeness (QED) is 0.656. The summed E-state index contributed by atoms with van der Waals surface area (Å²) in [4.78, 5) is 1.43. The lowest BCUT2D eigenvalue weighted by molar-refractivity contribution is 0.447. The van der Waals surface area contributed by atoms with Crippen LogP contribution in [0.4, 0.5) is 13.2 Å². The van der Waals surface area contributed by atoms with Crippen molar-refractivity contribution in [3.63, 3.8) is 0 Å². The Bertz CT molecular complexity index is 297. The van der Waals surface area contributed by atoms with Gasteiger partial charge >= 0.3 is 0 Å². The lowest BCUT2D eigenvalue weighted by Crippen LogP contribution is -1.90. The molecule has 12 heavy (non-hydrogen) atoms. The molecule has 0 unspecified atom stereocenters. The monoisotopic (exact) mass is 236 g/mol. The second kappa shape index (κ2) is 3.76. The molecule has 0 N–H and O–H groups in total. The van der Waals surface area contributed by atoms with Crippen LogP contribution in [0.5, 0.6) is 0 Å². The lowest BCUT2D eigenvalue weighted by Gasteiger charge is -1.96. The molecule has 0 heterocycles. The summed E-state index contributed by atoms with van der Waals surface area (Å²) in [6, 6.07) is 1.83. The maximum atomic E-state index is 12.5. The molecule has 1 aromatic rings. The van der Waals surface area contributed by atoms with Gasteiger partial charge in [0.2, 0.25) is 0 Å². The Morgan fingerprint density at radius 3 is 2.00 bits per heavy atom. The van der Waals surface area contributed by atoms with Crippen LogP contribution in [-0.4, -0.2) is 0 Å². The van der Waals surface area contributed by atoms with Gasteiger partial charge in [-0.25, -0.2) is 13.2 Å². The van der Waals surface area contributed by atoms with Gasteiger partial charge in [-0.2, -0.15) is 0 Å². The largest absolute Gasteiger partial charge is 0.204 e. The molecule has 1 rings (SSSR count). The van der Waals surface area contributed by atoms with Crippen molar-refractivity contribution in [2.75, 3.05) is 0 Å². The Balaban J connectivity index is 3.21. The van der Waals surface area contributed by atoms with Crippen molar-refractivity contribution in [2.45, 2.75) is 0 Å². The Morgan fingerprint density at radius 2 is 1.58 bits per heavy atom. The van der Waals surface area contributed by atoms with Crippen LogP contribution in [0.25, 0.3) is 6.08 Å². The van der Waals surface area contributed by atoms with Crippen molar-refractivity contribution in [1.82, 2.24) is 0 Å². The van der Waals surface area contributed by atoms with Gasteiger partial charge in [0.1, 0.15) is 0 Å². The van der Waals surface area contributed by atoms with Crippen LogP contribution >= 0.6 is 15.9 Å². The van der Waals surface area contributed by atoms with E-state index in [1.807, 2.05) is 0 Å². The second-order valence-corrected chi connectivity index (χ2v) is 2.62. The molecule has 0 radical (unpaired) electrons. The van der Waals surface area contributed by atoms with Crippen LogP contribution in [0, 0.1) is 17.5 Å². The van der Waals surface area contributed by atoms with Crippen LogP contribution in [0.15, 0.2) is 17.1 Å². The zero-order valence-corrected chi connectivity index (χ0v) is 7.41. The molecule has 1 aromatic carbocycles. The maximum absolute atomic E-state index is 12.5. The van der Waals surface area contributed by atoms with E-state index in [9.17, 15) is 13.2 Å². The van der Waals surface area contributed by atoms with Crippen LogP contribution in [0.1, 0.15) is 5.56 Å². The Hall–Kier alpha value is -0.770. The number of rotatable bonds is 1. The molecule has 0 saturated heterocycles. The van der Waals surface area contributed by atoms with Crippen molar-refractivity contribution in [3.05, 3.63) is 40.1 Å². The second-order valence-electron chi connectivity index (χ2n) is 2.09. The Morgan fingerprint density at radius 1 is 1.08 bits per heavy atom. The summed E-state index contributed by atoms with van der Waals surface area (Å²) >= 11 is 2.93. The smallest absolute Gasteiger partial charge is 0.194 e. The van der Waals surface area contributed by atoms with Gasteiger partial charge in [-0.1, -0.05) is 15.9 Å². The molecule has 0 atom stereocenters. The standard InChI is InChI=1S/C8H4BrF3/c9-2-1-5-3-6(10)8(12)7(11)4-5/h1-4H/b2-1+. The molecule has 0 spiro atoms. The average Bonchev–Trinajstić information content (AvgIpc) is 2.01. The van der Waals surface area contributed by atoms with Gasteiger partial charge in [0.25, 0.3) is 0 Å². The van der Waals surface area contributed by atoms with Gasteiger partial charge in [0, 0.05) is 0 Å². The van der Waals surface area contributed by atoms with E-state index in [2.05, 4.69) is 15.9 Å². The normalized spacial score (nSPS) is 11.0. The third-order valence-corrected chi connectivity index (χ3v) is 1.53. The maximum Gasteiger partial charge on any atom is 0.194 e. The molecule has 0 amide bonds. The van der Waals surface area contributed by atoms with E-state index in [1.54, 1.807) is 0 Å². The zero-order valence-electron chi connectivity index (χ0n) is 5.82. The predicted molar refractivity (Wildman–Crippen MR) is 44.3 cm³/mol. The molecule has 0 aliphatic carbocycles. The molecular weight excluding hydrogens is 233 g/mol. The number of hydrogen-bond acceptors (Lipinski definition) is 0. The minimum Gasteiger partial charge on any atom is -0.204 e. The molecule has 0 fully saturated rings. The highest BCUT2D eigenvalue weighted by Crippen LogP contribution is 2.14. The Kier molecular flexibility index (Phi) is 2.92. The highest BCUT2D eigenvalue weighted by molar-refractivity contribution is 9.11. The van der Waals surface area contributed by atoms with Crippen LogP contribution in [0.3, 0.4) is 0 Å². The van der Waals surface area contributed by atoms with Crippen LogP contribution in [-0.2, 0) is 0 Å². The van der Waals surface area contributed by atoms with E-state index in [-0.39, 0.29) is 5.56 Å². The van der Waals surface area contributed by atoms with E-state index in [1.165, 1.54) is 11.1 Å². The molecule has 64 valence electrons. The molecule has 4 heteroatoms. The lowest BCUT2D eigenvalue weighted by atomic mass is 10.2. The van der Waals surface area contributed by atoms with Crippen molar-refractivity contribution in [3.8, 4) is 0 Å². The highest BCUT2D eigenvalue weighted by atomic mass is 79.9. The van der Waals surface area contributed by atoms with Crippen molar-refractivity contribution < 1.29 is 13.2 Å². The third kappa shape index (κ3) is 1.88. The first kappa shape index (κ1) is 9.32. The van der Waals surface area contributed by atoms with Gasteiger partial charge in [0.15, 0.2) is 17.5 Å². The highest BCUT2D eigenvalue weighted by Gasteiger charge is 2.08. The minimum absolute atomic E-state index is 0.267. The molecule has 0 aliphatic rings. The van der Waals surface area contributed by atoms with Gasteiger partial charge in [-0.15, -0.1) is 0 Å². The number of halogens is 4. The summed E-state index contributed by atoms with van der Waals surface area (Å²) in [7, 11) is 0. The van der Waals surface area contributed by atoms with Crippen molar-refractivity contribution in [1.29, 1.82) is 0 Å². The SMILES string of the molecule is Fc1cc(/C=C/Br)cc(F)c1F. The molecule has 0 nitrogen and oxygen atoms in total. The first-order valence-electron chi connectivity index (χ1n) is 3.06. The molecule has 0 aromatic heterocycles. The van der Waals surface area contributed by atoms with Gasteiger partial charge in [-0.05, 0) is 28.8 Å². The minimum atomic E-state index is -1.44. The summed E-state index contributed by atoms with van der Waals surface area (Å²) in [5.74, 6) is -3.81. The summed E-state index contributed by atoms with van der Waals surface area (Å²) in [5, 5.41) is 0. The average molecular weight is 237 g/mol. The third-order valence-electron chi connectivity index (χ3n) is 1.26. The first-order chi connectivity index (χ1) is 5.65. The molecule has 0 bridgehead atoms. The fourth-order valence-corrected chi connectivity index (χ4v) is 1.05. The van der Waals surface area contributed by atoms with E-state index in [4.69, 9.17) is 0 Å². The van der Waals surface area contributed by atoms with Crippen LogP contribution < -0.4 is 0 Å².